The van der Waals surface area contributed by atoms with Gasteiger partial charge >= 0.3 is 0 Å². The van der Waals surface area contributed by atoms with Gasteiger partial charge in [0.25, 0.3) is 0 Å². The van der Waals surface area contributed by atoms with Crippen molar-refractivity contribution in [2.24, 2.45) is 4.99 Å². The van der Waals surface area contributed by atoms with Crippen LogP contribution in [0.2, 0.25) is 0 Å². The second-order valence-electron chi connectivity index (χ2n) is 10.6. The summed E-state index contributed by atoms with van der Waals surface area (Å²) in [6, 6.07) is 16.7. The molecular formula is C32H38N6O4S. The summed E-state index contributed by atoms with van der Waals surface area (Å²) < 4.78 is 37.9. The summed E-state index contributed by atoms with van der Waals surface area (Å²) >= 11 is 0. The van der Waals surface area contributed by atoms with Crippen molar-refractivity contribution < 1.29 is 17.9 Å². The molecule has 3 aliphatic rings. The topological polar surface area (TPSA) is 117 Å². The largest absolute Gasteiger partial charge is 0.500 e. The van der Waals surface area contributed by atoms with Crippen LogP contribution in [-0.4, -0.2) is 58.1 Å². The molecule has 3 aliphatic heterocycles. The Labute approximate surface area is 253 Å². The number of nitrogens with zero attached hydrogens (tertiary/aromatic N) is 3. The highest BCUT2D eigenvalue weighted by molar-refractivity contribution is 7.89. The van der Waals surface area contributed by atoms with Gasteiger partial charge < -0.3 is 25.0 Å². The van der Waals surface area contributed by atoms with E-state index in [-0.39, 0.29) is 10.9 Å². The highest BCUT2D eigenvalue weighted by atomic mass is 32.2. The third kappa shape index (κ3) is 8.01. The zero-order valence-corrected chi connectivity index (χ0v) is 25.5. The standard InChI is InChI=1S/C18H21N3O2.C14H17N3O2S/c1-13-10-15(21-5-8-22-9-6-21)2-3-16(13)19-18-11-14-12-23-7-4-17(14)20-18;1-11(2)17-20(18,19)14-6-4-3-5-13(14)16-12-7-9-15-10-8-12/h2-3,10-12,19H,4-9H2,1H3;3-11,17H,1-2H3,(H,15,16). The molecule has 0 aliphatic carbocycles. The fourth-order valence-corrected chi connectivity index (χ4v) is 6.27. The molecule has 0 spiro atoms. The van der Waals surface area contributed by atoms with Gasteiger partial charge in [-0.3, -0.25) is 4.98 Å². The monoisotopic (exact) mass is 602 g/mol. The quantitative estimate of drug-likeness (QED) is 0.316. The number of hydrogen-bond acceptors (Lipinski definition) is 9. The maximum absolute atomic E-state index is 12.3. The molecule has 0 amide bonds. The van der Waals surface area contributed by atoms with Crippen molar-refractivity contribution in [3.63, 3.8) is 0 Å². The number of hydrogen-bond donors (Lipinski definition) is 3. The summed E-state index contributed by atoms with van der Waals surface area (Å²) in [5, 5.41) is 6.52. The minimum absolute atomic E-state index is 0.158. The molecule has 3 N–H and O–H groups in total. The minimum atomic E-state index is -3.54. The maximum Gasteiger partial charge on any atom is 0.242 e. The molecule has 226 valence electrons. The lowest BCUT2D eigenvalue weighted by molar-refractivity contribution is 0.122. The molecule has 3 aromatic rings. The smallest absolute Gasteiger partial charge is 0.242 e. The number of rotatable bonds is 8. The fourth-order valence-electron chi connectivity index (χ4n) is 4.86. The lowest BCUT2D eigenvalue weighted by Gasteiger charge is -2.29. The molecule has 10 nitrogen and oxygen atoms in total. The van der Waals surface area contributed by atoms with Gasteiger partial charge in [0, 0.05) is 60.6 Å². The third-order valence-corrected chi connectivity index (χ3v) is 8.64. The fraction of sp³-hybridized carbons (Fsp3) is 0.312. The summed E-state index contributed by atoms with van der Waals surface area (Å²) in [5.41, 5.74) is 7.09. The Bertz CT molecular complexity index is 1610. The molecule has 2 aromatic carbocycles. The van der Waals surface area contributed by atoms with Crippen LogP contribution in [-0.2, 0) is 19.5 Å². The Morgan fingerprint density at radius 3 is 2.42 bits per heavy atom. The molecule has 4 heterocycles. The number of fused-ring (bicyclic) bond motifs is 1. The number of anilines is 4. The van der Waals surface area contributed by atoms with E-state index < -0.39 is 10.0 Å². The van der Waals surface area contributed by atoms with E-state index >= 15 is 0 Å². The van der Waals surface area contributed by atoms with E-state index in [0.29, 0.717) is 5.69 Å². The number of aryl methyl sites for hydroxylation is 1. The van der Waals surface area contributed by atoms with Gasteiger partial charge in [-0.05, 0) is 74.9 Å². The van der Waals surface area contributed by atoms with E-state index in [9.17, 15) is 8.42 Å². The zero-order valence-electron chi connectivity index (χ0n) is 24.7. The number of allylic oxidation sites excluding steroid dienone is 2. The second kappa shape index (κ2) is 13.9. The number of para-hydroxylation sites is 1. The SMILES string of the molecule is CC(C)NS(=O)(=O)c1ccccc1Nc1ccncc1.Cc1cc(N2CCOCC2)ccc1NC1=CC2=COCCC2=N1. The van der Waals surface area contributed by atoms with Crippen molar-refractivity contribution in [3.8, 4) is 0 Å². The molecule has 6 rings (SSSR count). The van der Waals surface area contributed by atoms with Crippen LogP contribution in [0.1, 0.15) is 25.8 Å². The summed E-state index contributed by atoms with van der Waals surface area (Å²) in [6.07, 6.45) is 8.01. The van der Waals surface area contributed by atoms with E-state index in [1.807, 2.05) is 6.08 Å². The summed E-state index contributed by atoms with van der Waals surface area (Å²) in [4.78, 5) is 11.2. The number of aromatic nitrogens is 1. The third-order valence-electron chi connectivity index (χ3n) is 6.92. The van der Waals surface area contributed by atoms with E-state index in [0.717, 1.165) is 67.8 Å². The summed E-state index contributed by atoms with van der Waals surface area (Å²) in [5.74, 6) is 0.888. The Hall–Kier alpha value is -4.19. The lowest BCUT2D eigenvalue weighted by atomic mass is 10.1. The number of nitrogens with one attached hydrogen (secondary N) is 3. The van der Waals surface area contributed by atoms with Gasteiger partial charge in [-0.1, -0.05) is 12.1 Å². The Morgan fingerprint density at radius 1 is 0.930 bits per heavy atom. The number of sulfonamides is 1. The van der Waals surface area contributed by atoms with E-state index in [1.165, 1.54) is 11.3 Å². The van der Waals surface area contributed by atoms with Gasteiger partial charge in [-0.2, -0.15) is 0 Å². The van der Waals surface area contributed by atoms with Gasteiger partial charge in [-0.15, -0.1) is 0 Å². The summed E-state index contributed by atoms with van der Waals surface area (Å²) in [7, 11) is -3.54. The lowest BCUT2D eigenvalue weighted by Crippen LogP contribution is -2.36. The van der Waals surface area contributed by atoms with Crippen LogP contribution in [0.25, 0.3) is 0 Å². The predicted octanol–water partition coefficient (Wildman–Crippen LogP) is 5.36. The highest BCUT2D eigenvalue weighted by Gasteiger charge is 2.20. The van der Waals surface area contributed by atoms with Gasteiger partial charge in [0.05, 0.1) is 37.5 Å². The molecule has 1 fully saturated rings. The first-order chi connectivity index (χ1) is 20.8. The first-order valence-electron chi connectivity index (χ1n) is 14.4. The number of benzene rings is 2. The first-order valence-corrected chi connectivity index (χ1v) is 15.9. The molecular weight excluding hydrogens is 564 g/mol. The Balaban J connectivity index is 0.000000173. The zero-order chi connectivity index (χ0) is 30.2. The van der Waals surface area contributed by atoms with Crippen LogP contribution >= 0.6 is 0 Å². The van der Waals surface area contributed by atoms with Crippen LogP contribution in [0.15, 0.2) is 101 Å². The van der Waals surface area contributed by atoms with E-state index in [4.69, 9.17) is 9.47 Å². The van der Waals surface area contributed by atoms with Crippen molar-refractivity contribution in [2.45, 2.75) is 38.1 Å². The van der Waals surface area contributed by atoms with Crippen molar-refractivity contribution in [3.05, 3.63) is 96.3 Å². The molecule has 1 aromatic heterocycles. The number of morpholine rings is 1. The molecule has 11 heteroatoms. The predicted molar refractivity (Wildman–Crippen MR) is 171 cm³/mol. The van der Waals surface area contributed by atoms with Gasteiger partial charge in [0.1, 0.15) is 10.7 Å². The molecule has 43 heavy (non-hydrogen) atoms. The van der Waals surface area contributed by atoms with Crippen molar-refractivity contribution in [1.82, 2.24) is 9.71 Å². The first kappa shape index (κ1) is 30.3. The highest BCUT2D eigenvalue weighted by Crippen LogP contribution is 2.28. The molecule has 0 atom stereocenters. The minimum Gasteiger partial charge on any atom is -0.500 e. The van der Waals surface area contributed by atoms with Gasteiger partial charge in [-0.25, -0.2) is 18.1 Å². The normalized spacial score (nSPS) is 16.2. The van der Waals surface area contributed by atoms with Crippen molar-refractivity contribution in [2.75, 3.05) is 48.4 Å². The summed E-state index contributed by atoms with van der Waals surface area (Å²) in [6.45, 7) is 9.95. The van der Waals surface area contributed by atoms with Crippen LogP contribution in [0.4, 0.5) is 22.7 Å². The van der Waals surface area contributed by atoms with Crippen molar-refractivity contribution >= 4 is 38.5 Å². The van der Waals surface area contributed by atoms with Crippen molar-refractivity contribution in [1.29, 1.82) is 0 Å². The van der Waals surface area contributed by atoms with Crippen LogP contribution in [0, 0.1) is 6.92 Å². The average molecular weight is 603 g/mol. The second-order valence-corrected chi connectivity index (χ2v) is 12.3. The molecule has 0 unspecified atom stereocenters. The van der Waals surface area contributed by atoms with E-state index in [1.54, 1.807) is 68.9 Å². The van der Waals surface area contributed by atoms with Gasteiger partial charge in [0.15, 0.2) is 0 Å². The number of ether oxygens (including phenoxy) is 2. The molecule has 0 bridgehead atoms. The Kier molecular flexibility index (Phi) is 9.75. The van der Waals surface area contributed by atoms with Crippen LogP contribution in [0.5, 0.6) is 0 Å². The molecule has 0 radical (unpaired) electrons. The number of aliphatic imine (C=N–C) groups is 1. The maximum atomic E-state index is 12.3. The Morgan fingerprint density at radius 2 is 1.70 bits per heavy atom. The molecule has 0 saturated carbocycles. The molecule has 1 saturated heterocycles. The van der Waals surface area contributed by atoms with E-state index in [2.05, 4.69) is 55.4 Å². The van der Waals surface area contributed by atoms with Gasteiger partial charge in [0.2, 0.25) is 10.0 Å². The number of pyridine rings is 1. The average Bonchev–Trinajstić information content (AvgIpc) is 3.42. The van der Waals surface area contributed by atoms with Crippen LogP contribution in [0.3, 0.4) is 0 Å². The van der Waals surface area contributed by atoms with Crippen LogP contribution < -0.4 is 20.3 Å².